The first-order valence-electron chi connectivity index (χ1n) is 9.97. The monoisotopic (exact) mass is 487 g/mol. The van der Waals surface area contributed by atoms with Crippen molar-refractivity contribution >= 4 is 44.1 Å². The lowest BCUT2D eigenvalue weighted by atomic mass is 10.1. The molecule has 2 aromatic carbocycles. The molecule has 3 aromatic heterocycles. The van der Waals surface area contributed by atoms with E-state index in [4.69, 9.17) is 4.98 Å². The van der Waals surface area contributed by atoms with E-state index in [-0.39, 0.29) is 18.0 Å². The van der Waals surface area contributed by atoms with Crippen LogP contribution in [-0.4, -0.2) is 24.8 Å². The van der Waals surface area contributed by atoms with Gasteiger partial charge in [-0.2, -0.15) is 0 Å². The summed E-state index contributed by atoms with van der Waals surface area (Å²) in [5, 5.41) is 3.29. The third kappa shape index (κ3) is 3.80. The molecule has 8 heteroatoms. The van der Waals surface area contributed by atoms with E-state index in [0.29, 0.717) is 16.6 Å². The highest BCUT2D eigenvalue weighted by Gasteiger charge is 2.10. The van der Waals surface area contributed by atoms with Gasteiger partial charge in [-0.15, -0.1) is 0 Å². The van der Waals surface area contributed by atoms with Crippen LogP contribution in [0.2, 0.25) is 0 Å². The summed E-state index contributed by atoms with van der Waals surface area (Å²) < 4.78 is 4.08. The Bertz CT molecular complexity index is 1540. The lowest BCUT2D eigenvalue weighted by Crippen LogP contribution is -2.27. The summed E-state index contributed by atoms with van der Waals surface area (Å²) in [6.45, 7) is 1.90. The number of amides is 1. The van der Waals surface area contributed by atoms with Crippen LogP contribution in [0, 0.1) is 6.92 Å². The van der Waals surface area contributed by atoms with Crippen molar-refractivity contribution in [1.82, 2.24) is 18.9 Å². The SMILES string of the molecule is Cc1cccn2cc(-c3ccc(NC(=O)Cn4cnc5ccc(Br)cc5c4=O)cc3)nc12. The molecule has 0 radical (unpaired) electrons. The van der Waals surface area contributed by atoms with E-state index in [2.05, 4.69) is 26.2 Å². The summed E-state index contributed by atoms with van der Waals surface area (Å²) in [7, 11) is 0. The number of carbonyl (C=O) groups excluding carboxylic acids is 1. The van der Waals surface area contributed by atoms with Crippen LogP contribution in [0.5, 0.6) is 0 Å². The van der Waals surface area contributed by atoms with E-state index in [1.54, 1.807) is 12.1 Å². The number of pyridine rings is 1. The summed E-state index contributed by atoms with van der Waals surface area (Å²) in [5.74, 6) is -0.306. The Morgan fingerprint density at radius 2 is 1.94 bits per heavy atom. The van der Waals surface area contributed by atoms with Crippen LogP contribution in [0.25, 0.3) is 27.8 Å². The predicted molar refractivity (Wildman–Crippen MR) is 128 cm³/mol. The first-order chi connectivity index (χ1) is 15.5. The molecule has 3 heterocycles. The number of aryl methyl sites for hydroxylation is 1. The van der Waals surface area contributed by atoms with Crippen molar-refractivity contribution in [2.45, 2.75) is 13.5 Å². The van der Waals surface area contributed by atoms with Gasteiger partial charge < -0.3 is 9.72 Å². The number of nitrogens with one attached hydrogen (secondary N) is 1. The number of benzene rings is 2. The van der Waals surface area contributed by atoms with Crippen molar-refractivity contribution in [3.8, 4) is 11.3 Å². The Morgan fingerprint density at radius 3 is 2.72 bits per heavy atom. The predicted octanol–water partition coefficient (Wildman–Crippen LogP) is 4.42. The summed E-state index contributed by atoms with van der Waals surface area (Å²) in [5.41, 5.74) is 4.80. The largest absolute Gasteiger partial charge is 0.325 e. The zero-order chi connectivity index (χ0) is 22.2. The van der Waals surface area contributed by atoms with Gasteiger partial charge in [-0.3, -0.25) is 14.2 Å². The lowest BCUT2D eigenvalue weighted by molar-refractivity contribution is -0.116. The lowest BCUT2D eigenvalue weighted by Gasteiger charge is -2.08. The van der Waals surface area contributed by atoms with Crippen molar-refractivity contribution in [2.75, 3.05) is 5.32 Å². The van der Waals surface area contributed by atoms with Crippen molar-refractivity contribution in [1.29, 1.82) is 0 Å². The first-order valence-corrected chi connectivity index (χ1v) is 10.8. The smallest absolute Gasteiger partial charge is 0.261 e. The van der Waals surface area contributed by atoms with Crippen molar-refractivity contribution < 1.29 is 4.79 Å². The van der Waals surface area contributed by atoms with E-state index in [9.17, 15) is 9.59 Å². The van der Waals surface area contributed by atoms with Crippen LogP contribution in [-0.2, 0) is 11.3 Å². The molecule has 5 aromatic rings. The molecule has 7 nitrogen and oxygen atoms in total. The maximum Gasteiger partial charge on any atom is 0.261 e. The van der Waals surface area contributed by atoms with Gasteiger partial charge >= 0.3 is 0 Å². The number of anilines is 1. The maximum atomic E-state index is 12.7. The number of halogens is 1. The number of carbonyl (C=O) groups is 1. The standard InChI is InChI=1S/C24H18BrN5O2/c1-15-3-2-10-29-12-21(28-23(15)29)16-4-7-18(8-5-16)27-22(31)13-30-14-26-20-9-6-17(25)11-19(20)24(30)32/h2-12,14H,13H2,1H3,(H,27,31). The van der Waals surface area contributed by atoms with Gasteiger partial charge in [-0.25, -0.2) is 9.97 Å². The van der Waals surface area contributed by atoms with Gasteiger partial charge in [0, 0.05) is 28.1 Å². The molecular weight excluding hydrogens is 470 g/mol. The summed E-state index contributed by atoms with van der Waals surface area (Å²) in [6, 6.07) is 16.8. The van der Waals surface area contributed by atoms with Gasteiger partial charge in [0.2, 0.25) is 5.91 Å². The molecule has 0 aliphatic rings. The Labute approximate surface area is 191 Å². The van der Waals surface area contributed by atoms with Gasteiger partial charge in [0.25, 0.3) is 5.56 Å². The molecule has 158 valence electrons. The third-order valence-electron chi connectivity index (χ3n) is 5.24. The highest BCUT2D eigenvalue weighted by atomic mass is 79.9. The molecular formula is C24H18BrN5O2. The van der Waals surface area contributed by atoms with Gasteiger partial charge in [0.1, 0.15) is 12.2 Å². The Balaban J connectivity index is 1.33. The second-order valence-electron chi connectivity index (χ2n) is 7.51. The number of rotatable bonds is 4. The zero-order valence-corrected chi connectivity index (χ0v) is 18.7. The summed E-state index contributed by atoms with van der Waals surface area (Å²) in [6.07, 6.45) is 5.34. The Morgan fingerprint density at radius 1 is 1.12 bits per heavy atom. The fourth-order valence-electron chi connectivity index (χ4n) is 3.62. The van der Waals surface area contributed by atoms with E-state index < -0.39 is 0 Å². The molecule has 32 heavy (non-hydrogen) atoms. The minimum atomic E-state index is -0.306. The van der Waals surface area contributed by atoms with Crippen LogP contribution in [0.15, 0.2) is 82.6 Å². The molecule has 0 spiro atoms. The quantitative estimate of drug-likeness (QED) is 0.406. The molecule has 0 aliphatic heterocycles. The average molecular weight is 488 g/mol. The number of imidazole rings is 1. The van der Waals surface area contributed by atoms with Gasteiger partial charge in [0.05, 0.1) is 22.9 Å². The molecule has 0 unspecified atom stereocenters. The minimum absolute atomic E-state index is 0.123. The number of nitrogens with zero attached hydrogens (tertiary/aromatic N) is 4. The second-order valence-corrected chi connectivity index (χ2v) is 8.43. The van der Waals surface area contributed by atoms with E-state index in [0.717, 1.165) is 26.9 Å². The molecule has 0 aliphatic carbocycles. The molecule has 5 rings (SSSR count). The molecule has 0 saturated carbocycles. The molecule has 1 N–H and O–H groups in total. The fourth-order valence-corrected chi connectivity index (χ4v) is 3.98. The normalized spacial score (nSPS) is 11.2. The molecule has 1 amide bonds. The van der Waals surface area contributed by atoms with Crippen molar-refractivity contribution in [3.63, 3.8) is 0 Å². The molecule has 0 saturated heterocycles. The van der Waals surface area contributed by atoms with Gasteiger partial charge in [-0.1, -0.05) is 34.1 Å². The number of hydrogen-bond donors (Lipinski definition) is 1. The van der Waals surface area contributed by atoms with E-state index in [1.165, 1.54) is 10.9 Å². The Kier molecular flexibility index (Phi) is 5.07. The Hall–Kier alpha value is -3.78. The maximum absolute atomic E-state index is 12.7. The van der Waals surface area contributed by atoms with Crippen LogP contribution in [0.4, 0.5) is 5.69 Å². The van der Waals surface area contributed by atoms with Gasteiger partial charge in [0.15, 0.2) is 0 Å². The first kappa shape index (κ1) is 20.1. The fraction of sp³-hybridized carbons (Fsp3) is 0.0833. The highest BCUT2D eigenvalue weighted by molar-refractivity contribution is 9.10. The van der Waals surface area contributed by atoms with E-state index in [1.807, 2.05) is 66.2 Å². The number of fused-ring (bicyclic) bond motifs is 2. The van der Waals surface area contributed by atoms with Crippen LogP contribution >= 0.6 is 15.9 Å². The van der Waals surface area contributed by atoms with Crippen molar-refractivity contribution in [2.24, 2.45) is 0 Å². The molecule has 0 fully saturated rings. The second kappa shape index (κ2) is 8.05. The third-order valence-corrected chi connectivity index (χ3v) is 5.74. The number of hydrogen-bond acceptors (Lipinski definition) is 4. The number of aromatic nitrogens is 4. The summed E-state index contributed by atoms with van der Waals surface area (Å²) >= 11 is 3.36. The minimum Gasteiger partial charge on any atom is -0.325 e. The van der Waals surface area contributed by atoms with Crippen LogP contribution in [0.1, 0.15) is 5.56 Å². The average Bonchev–Trinajstić information content (AvgIpc) is 3.22. The summed E-state index contributed by atoms with van der Waals surface area (Å²) in [4.78, 5) is 34.2. The van der Waals surface area contributed by atoms with Crippen LogP contribution < -0.4 is 10.9 Å². The van der Waals surface area contributed by atoms with Crippen LogP contribution in [0.3, 0.4) is 0 Å². The van der Waals surface area contributed by atoms with E-state index >= 15 is 0 Å². The van der Waals surface area contributed by atoms with Gasteiger partial charge in [-0.05, 0) is 48.9 Å². The van der Waals surface area contributed by atoms with Crippen molar-refractivity contribution in [3.05, 3.63) is 93.7 Å². The topological polar surface area (TPSA) is 81.3 Å². The highest BCUT2D eigenvalue weighted by Crippen LogP contribution is 2.22. The molecule has 0 bridgehead atoms. The molecule has 0 atom stereocenters. The zero-order valence-electron chi connectivity index (χ0n) is 17.1.